The third-order valence-electron chi connectivity index (χ3n) is 0.204. The van der Waals surface area contributed by atoms with Crippen LogP contribution in [0, 0.1) is 19.4 Å². The third-order valence-corrected chi connectivity index (χ3v) is 0.204. The Morgan fingerprint density at radius 1 is 1.80 bits per heavy atom. The number of hydrogen-bond acceptors (Lipinski definition) is 1. The van der Waals surface area contributed by atoms with Crippen molar-refractivity contribution in [3.05, 3.63) is 7.05 Å². The summed E-state index contributed by atoms with van der Waals surface area (Å²) < 4.78 is 0. The van der Waals surface area contributed by atoms with Crippen LogP contribution >= 0.6 is 0 Å². The zero-order valence-corrected chi connectivity index (χ0v) is 2.86. The summed E-state index contributed by atoms with van der Waals surface area (Å²) in [6.45, 7) is 0.444. The molecule has 0 bridgehead atoms. The molecule has 0 atom stereocenters. The highest BCUT2D eigenvalue weighted by atomic mass is 14.8. The van der Waals surface area contributed by atoms with Crippen molar-refractivity contribution in [1.82, 2.24) is 5.32 Å². The van der Waals surface area contributed by atoms with Crippen molar-refractivity contribution in [2.45, 2.75) is 0 Å². The van der Waals surface area contributed by atoms with Gasteiger partial charge in [-0.15, -0.1) is 6.42 Å². The number of rotatable bonds is 1. The van der Waals surface area contributed by atoms with Crippen LogP contribution in [-0.2, 0) is 0 Å². The van der Waals surface area contributed by atoms with Gasteiger partial charge in [0, 0.05) is 7.05 Å². The smallest absolute Gasteiger partial charge is 0.0577 e. The molecule has 0 unspecified atom stereocenters. The number of hydrogen-bond donors (Lipinski definition) is 1. The first-order valence-corrected chi connectivity index (χ1v) is 1.28. The van der Waals surface area contributed by atoms with Crippen LogP contribution in [0.4, 0.5) is 0 Å². The lowest BCUT2D eigenvalue weighted by Gasteiger charge is -1.75. The van der Waals surface area contributed by atoms with Crippen molar-refractivity contribution < 1.29 is 0 Å². The Balaban J connectivity index is 2.48. The third kappa shape index (κ3) is 3.52. The second kappa shape index (κ2) is 3.52. The highest BCUT2D eigenvalue weighted by molar-refractivity contribution is 4.85. The van der Waals surface area contributed by atoms with Crippen molar-refractivity contribution in [2.75, 3.05) is 6.54 Å². The first-order valence-electron chi connectivity index (χ1n) is 1.28. The van der Waals surface area contributed by atoms with Crippen molar-refractivity contribution in [3.8, 4) is 12.3 Å². The standard InChI is InChI=1S/C4H5N/c1-3-4-5-2/h1-2,5H,4H2. The quantitative estimate of drug-likeness (QED) is 0.333. The molecule has 0 spiro atoms. The summed E-state index contributed by atoms with van der Waals surface area (Å²) in [4.78, 5) is 0. The topological polar surface area (TPSA) is 12.0 Å². The summed E-state index contributed by atoms with van der Waals surface area (Å²) in [7, 11) is 4.75. The molecule has 0 aliphatic rings. The van der Waals surface area contributed by atoms with Crippen LogP contribution in [0.3, 0.4) is 0 Å². The summed E-state index contributed by atoms with van der Waals surface area (Å²) in [5.41, 5.74) is 0. The predicted molar refractivity (Wildman–Crippen MR) is 21.1 cm³/mol. The summed E-state index contributed by atoms with van der Waals surface area (Å²) in [5.74, 6) is 2.28. The lowest BCUT2D eigenvalue weighted by Crippen LogP contribution is -1.99. The van der Waals surface area contributed by atoms with E-state index in [1.807, 2.05) is 0 Å². The molecular weight excluding hydrogens is 62.1 g/mol. The lowest BCUT2D eigenvalue weighted by atomic mass is 10.7. The van der Waals surface area contributed by atoms with Crippen LogP contribution in [-0.4, -0.2) is 6.54 Å². The Hall–Kier alpha value is -0.480. The minimum Gasteiger partial charge on any atom is -0.300 e. The minimum atomic E-state index is 0.444. The van der Waals surface area contributed by atoms with Gasteiger partial charge in [-0.2, -0.15) is 0 Å². The normalized spacial score (nSPS) is 6.40. The van der Waals surface area contributed by atoms with Gasteiger partial charge in [0.2, 0.25) is 0 Å². The Morgan fingerprint density at radius 3 is 2.40 bits per heavy atom. The summed E-state index contributed by atoms with van der Waals surface area (Å²) in [5, 5.41) is 2.28. The van der Waals surface area contributed by atoms with Gasteiger partial charge in [0.05, 0.1) is 6.54 Å². The van der Waals surface area contributed by atoms with Crippen LogP contribution in [0.25, 0.3) is 0 Å². The molecule has 0 aromatic carbocycles. The minimum absolute atomic E-state index is 0.444. The first-order chi connectivity index (χ1) is 2.41. The molecule has 0 saturated heterocycles. The fourth-order valence-corrected chi connectivity index (χ4v) is 0.0589. The Bertz CT molecular complexity index is 42.1. The zero-order chi connectivity index (χ0) is 4.12. The molecule has 1 heteroatoms. The van der Waals surface area contributed by atoms with Crippen molar-refractivity contribution in [3.63, 3.8) is 0 Å². The van der Waals surface area contributed by atoms with Gasteiger partial charge in [0.1, 0.15) is 0 Å². The summed E-state index contributed by atoms with van der Waals surface area (Å²) >= 11 is 0. The highest BCUT2D eigenvalue weighted by Gasteiger charge is 1.57. The van der Waals surface area contributed by atoms with Gasteiger partial charge < -0.3 is 5.32 Å². The molecule has 0 aliphatic heterocycles. The average Bonchev–Trinajstić information content (AvgIpc) is 1.41. The van der Waals surface area contributed by atoms with Crippen LogP contribution in [0.5, 0.6) is 0 Å². The van der Waals surface area contributed by atoms with E-state index in [-0.39, 0.29) is 0 Å². The maximum atomic E-state index is 4.75. The molecule has 0 heterocycles. The van der Waals surface area contributed by atoms with E-state index in [2.05, 4.69) is 11.2 Å². The molecule has 0 fully saturated rings. The molecule has 1 N–H and O–H groups in total. The summed E-state index contributed by atoms with van der Waals surface area (Å²) in [6, 6.07) is 0. The zero-order valence-electron chi connectivity index (χ0n) is 2.86. The maximum absolute atomic E-state index is 4.75. The van der Waals surface area contributed by atoms with Crippen LogP contribution in [0.2, 0.25) is 0 Å². The Morgan fingerprint density at radius 2 is 2.40 bits per heavy atom. The Kier molecular flexibility index (Phi) is 3.18. The molecule has 0 aliphatic carbocycles. The molecule has 1 nitrogen and oxygen atoms in total. The van der Waals surface area contributed by atoms with Crippen molar-refractivity contribution >= 4 is 0 Å². The van der Waals surface area contributed by atoms with Gasteiger partial charge in [-0.25, -0.2) is 0 Å². The molecule has 0 aromatic rings. The maximum Gasteiger partial charge on any atom is 0.0577 e. The number of terminal acetylenes is 1. The molecule has 26 valence electrons. The van der Waals surface area contributed by atoms with E-state index in [9.17, 15) is 0 Å². The highest BCUT2D eigenvalue weighted by Crippen LogP contribution is 1.40. The molecule has 0 rings (SSSR count). The fourth-order valence-electron chi connectivity index (χ4n) is 0.0589. The molecule has 5 heavy (non-hydrogen) atoms. The van der Waals surface area contributed by atoms with Gasteiger partial charge >= 0.3 is 0 Å². The van der Waals surface area contributed by atoms with E-state index < -0.39 is 0 Å². The molecule has 0 amide bonds. The molecule has 0 saturated carbocycles. The van der Waals surface area contributed by atoms with E-state index >= 15 is 0 Å². The van der Waals surface area contributed by atoms with Crippen LogP contribution in [0.1, 0.15) is 0 Å². The van der Waals surface area contributed by atoms with Gasteiger partial charge in [0.15, 0.2) is 0 Å². The summed E-state index contributed by atoms with van der Waals surface area (Å²) in [6.07, 6.45) is 4.75. The van der Waals surface area contributed by atoms with Crippen LogP contribution in [0.15, 0.2) is 0 Å². The van der Waals surface area contributed by atoms with Crippen molar-refractivity contribution in [1.29, 1.82) is 0 Å². The predicted octanol–water partition coefficient (Wildman–Crippen LogP) is -0.122. The van der Waals surface area contributed by atoms with E-state index in [4.69, 9.17) is 13.5 Å². The fraction of sp³-hybridized carbons (Fsp3) is 0.250. The van der Waals surface area contributed by atoms with E-state index in [1.165, 1.54) is 0 Å². The van der Waals surface area contributed by atoms with Gasteiger partial charge in [-0.05, 0) is 0 Å². The van der Waals surface area contributed by atoms with Crippen molar-refractivity contribution in [2.24, 2.45) is 0 Å². The average molecular weight is 67.1 g/mol. The first kappa shape index (κ1) is 4.52. The second-order valence-electron chi connectivity index (χ2n) is 0.585. The van der Waals surface area contributed by atoms with E-state index in [1.54, 1.807) is 0 Å². The lowest BCUT2D eigenvalue weighted by molar-refractivity contribution is 1.01. The number of nitrogens with one attached hydrogen (secondary N) is 1. The van der Waals surface area contributed by atoms with Gasteiger partial charge in [-0.1, -0.05) is 5.92 Å². The van der Waals surface area contributed by atoms with E-state index in [0.29, 0.717) is 6.54 Å². The SMILES string of the molecule is [CH]NCC#C. The molecule has 2 radical (unpaired) electrons. The van der Waals surface area contributed by atoms with Crippen LogP contribution < -0.4 is 5.32 Å². The molecule has 0 aromatic heterocycles. The van der Waals surface area contributed by atoms with Gasteiger partial charge in [0.25, 0.3) is 0 Å². The Labute approximate surface area is 32.4 Å². The largest absolute Gasteiger partial charge is 0.300 e. The van der Waals surface area contributed by atoms with E-state index in [0.717, 1.165) is 0 Å². The monoisotopic (exact) mass is 67.0 g/mol. The van der Waals surface area contributed by atoms with Gasteiger partial charge in [-0.3, -0.25) is 0 Å². The second-order valence-corrected chi connectivity index (χ2v) is 0.585. The molecular formula is C4H5N.